The average molecular weight is 574 g/mol. The number of nitrogens with zero attached hydrogens (tertiary/aromatic N) is 5. The molecule has 1 fully saturated rings. The predicted octanol–water partition coefficient (Wildman–Crippen LogP) is 7.12. The lowest BCUT2D eigenvalue weighted by atomic mass is 10.1. The minimum atomic E-state index is -4.50. The second-order valence-electron chi connectivity index (χ2n) is 9.10. The molecule has 39 heavy (non-hydrogen) atoms. The molecule has 1 saturated heterocycles. The van der Waals surface area contributed by atoms with E-state index in [0.717, 1.165) is 44.0 Å². The average Bonchev–Trinajstić information content (AvgIpc) is 3.19. The van der Waals surface area contributed by atoms with Crippen molar-refractivity contribution in [3.05, 3.63) is 100.0 Å². The van der Waals surface area contributed by atoms with Crippen LogP contribution < -0.4 is 9.64 Å². The molecule has 0 spiro atoms. The molecule has 5 rings (SSSR count). The number of benzene rings is 2. The summed E-state index contributed by atoms with van der Waals surface area (Å²) < 4.78 is 46.4. The number of halogens is 5. The van der Waals surface area contributed by atoms with Crippen molar-refractivity contribution >= 4 is 34.5 Å². The van der Waals surface area contributed by atoms with Gasteiger partial charge in [0.2, 0.25) is 5.88 Å². The molecule has 0 radical (unpaired) electrons. The lowest BCUT2D eigenvalue weighted by Gasteiger charge is -2.36. The van der Waals surface area contributed by atoms with Crippen molar-refractivity contribution in [2.75, 3.05) is 31.1 Å². The predicted molar refractivity (Wildman–Crippen MR) is 146 cm³/mol. The second kappa shape index (κ2) is 11.8. The number of hydrogen-bond acceptors (Lipinski definition) is 6. The first-order valence-corrected chi connectivity index (χ1v) is 13.0. The van der Waals surface area contributed by atoms with Crippen LogP contribution in [0.15, 0.2) is 78.4 Å². The van der Waals surface area contributed by atoms with Gasteiger partial charge in [0.25, 0.3) is 0 Å². The highest BCUT2D eigenvalue weighted by molar-refractivity contribution is 6.30. The lowest BCUT2D eigenvalue weighted by molar-refractivity contribution is -0.0881. The van der Waals surface area contributed by atoms with Gasteiger partial charge in [-0.15, -0.1) is 10.2 Å². The number of ether oxygens (including phenoxy) is 1. The number of hydrogen-bond donors (Lipinski definition) is 0. The van der Waals surface area contributed by atoms with Gasteiger partial charge in [-0.25, -0.2) is 0 Å². The van der Waals surface area contributed by atoms with Gasteiger partial charge in [0, 0.05) is 54.0 Å². The number of allylic oxidation sites excluding steroid dienone is 6. The zero-order chi connectivity index (χ0) is 27.4. The number of piperazine rings is 1. The van der Waals surface area contributed by atoms with Gasteiger partial charge >= 0.3 is 6.18 Å². The highest BCUT2D eigenvalue weighted by Gasteiger charge is 2.33. The molecule has 2 aliphatic rings. The SMILES string of the molecule is FC(F)(F)C1=CC=CCC(c2nnc(CN3CCN(c4ccc(Cl)cc4)CC3)c(Oc3ccc(Cl)cc3)n2)=C1. The molecule has 1 aliphatic carbocycles. The summed E-state index contributed by atoms with van der Waals surface area (Å²) in [5, 5.41) is 9.81. The van der Waals surface area contributed by atoms with Crippen LogP contribution in [-0.2, 0) is 6.54 Å². The Balaban J connectivity index is 1.38. The maximum Gasteiger partial charge on any atom is 0.416 e. The first-order valence-electron chi connectivity index (χ1n) is 12.3. The molecule has 2 aromatic carbocycles. The molecular formula is C28H24Cl2F3N5O. The maximum atomic E-state index is 13.4. The summed E-state index contributed by atoms with van der Waals surface area (Å²) in [4.78, 5) is 9.03. The molecule has 0 atom stereocenters. The molecule has 0 amide bonds. The molecule has 0 N–H and O–H groups in total. The Bertz CT molecular complexity index is 1400. The third-order valence-electron chi connectivity index (χ3n) is 6.38. The van der Waals surface area contributed by atoms with Crippen molar-refractivity contribution in [2.45, 2.75) is 19.1 Å². The van der Waals surface area contributed by atoms with E-state index in [9.17, 15) is 13.2 Å². The minimum absolute atomic E-state index is 0.0805. The minimum Gasteiger partial charge on any atom is -0.437 e. The molecule has 11 heteroatoms. The van der Waals surface area contributed by atoms with E-state index in [-0.39, 0.29) is 18.1 Å². The van der Waals surface area contributed by atoms with Crippen molar-refractivity contribution in [1.29, 1.82) is 0 Å². The summed E-state index contributed by atoms with van der Waals surface area (Å²) in [5.41, 5.74) is 1.11. The fraction of sp³-hybridized carbons (Fsp3) is 0.250. The van der Waals surface area contributed by atoms with Gasteiger partial charge in [-0.2, -0.15) is 18.2 Å². The van der Waals surface area contributed by atoms with E-state index in [1.807, 2.05) is 24.3 Å². The van der Waals surface area contributed by atoms with Crippen molar-refractivity contribution in [3.63, 3.8) is 0 Å². The Kier molecular flexibility index (Phi) is 8.20. The quantitative estimate of drug-likeness (QED) is 0.313. The van der Waals surface area contributed by atoms with Crippen molar-refractivity contribution in [2.24, 2.45) is 0 Å². The lowest BCUT2D eigenvalue weighted by Crippen LogP contribution is -2.46. The zero-order valence-electron chi connectivity index (χ0n) is 20.7. The Morgan fingerprint density at radius 1 is 0.872 bits per heavy atom. The summed E-state index contributed by atoms with van der Waals surface area (Å²) >= 11 is 12.0. The fourth-order valence-electron chi connectivity index (χ4n) is 4.29. The first kappa shape index (κ1) is 27.2. The van der Waals surface area contributed by atoms with E-state index >= 15 is 0 Å². The Hall–Kier alpha value is -3.40. The van der Waals surface area contributed by atoms with E-state index in [0.29, 0.717) is 33.6 Å². The molecular weight excluding hydrogens is 550 g/mol. The fourth-order valence-corrected chi connectivity index (χ4v) is 4.54. The smallest absolute Gasteiger partial charge is 0.416 e. The van der Waals surface area contributed by atoms with Crippen LogP contribution in [-0.4, -0.2) is 52.4 Å². The van der Waals surface area contributed by atoms with Gasteiger partial charge in [0.15, 0.2) is 5.82 Å². The molecule has 0 bridgehead atoms. The molecule has 1 aliphatic heterocycles. The molecule has 0 saturated carbocycles. The number of aromatic nitrogens is 3. The summed E-state index contributed by atoms with van der Waals surface area (Å²) in [6.07, 6.45) is 0.821. The number of alkyl halides is 3. The van der Waals surface area contributed by atoms with Crippen molar-refractivity contribution in [3.8, 4) is 11.6 Å². The maximum absolute atomic E-state index is 13.4. The Morgan fingerprint density at radius 2 is 1.54 bits per heavy atom. The van der Waals surface area contributed by atoms with Gasteiger partial charge in [0.1, 0.15) is 11.4 Å². The van der Waals surface area contributed by atoms with E-state index in [1.165, 1.54) is 6.08 Å². The van der Waals surface area contributed by atoms with Crippen molar-refractivity contribution < 1.29 is 17.9 Å². The van der Waals surface area contributed by atoms with Crippen LogP contribution in [0.2, 0.25) is 10.0 Å². The topological polar surface area (TPSA) is 54.4 Å². The van der Waals surface area contributed by atoms with Crippen LogP contribution in [0, 0.1) is 0 Å². The molecule has 0 unspecified atom stereocenters. The Labute approximate surface area is 234 Å². The summed E-state index contributed by atoms with van der Waals surface area (Å²) in [7, 11) is 0. The third kappa shape index (κ3) is 6.98. The van der Waals surface area contributed by atoms with Crippen LogP contribution in [0.25, 0.3) is 5.57 Å². The summed E-state index contributed by atoms with van der Waals surface area (Å²) in [6.45, 7) is 3.56. The summed E-state index contributed by atoms with van der Waals surface area (Å²) in [6, 6.07) is 14.5. The van der Waals surface area contributed by atoms with Crippen LogP contribution in [0.3, 0.4) is 0 Å². The van der Waals surface area contributed by atoms with Crippen LogP contribution in [0.1, 0.15) is 17.9 Å². The molecule has 202 valence electrons. The van der Waals surface area contributed by atoms with Crippen LogP contribution in [0.4, 0.5) is 18.9 Å². The van der Waals surface area contributed by atoms with E-state index in [2.05, 4.69) is 25.0 Å². The third-order valence-corrected chi connectivity index (χ3v) is 6.88. The van der Waals surface area contributed by atoms with Gasteiger partial charge < -0.3 is 9.64 Å². The zero-order valence-corrected chi connectivity index (χ0v) is 22.2. The van der Waals surface area contributed by atoms with Crippen LogP contribution >= 0.6 is 23.2 Å². The molecule has 1 aromatic heterocycles. The molecule has 2 heterocycles. The standard InChI is InChI=1S/C28H24Cl2F3N5O/c29-21-5-9-23(10-6-21)38-15-13-37(14-16-38)18-25-27(39-24-11-7-22(30)8-12-24)34-26(36-35-25)19-3-1-2-4-20(17-19)28(31,32)33/h1-2,4-12,17H,3,13-16,18H2. The van der Waals surface area contributed by atoms with Gasteiger partial charge in [-0.3, -0.25) is 4.90 Å². The van der Waals surface area contributed by atoms with Gasteiger partial charge in [-0.05, 0) is 61.0 Å². The highest BCUT2D eigenvalue weighted by atomic mass is 35.5. The van der Waals surface area contributed by atoms with Gasteiger partial charge in [-0.1, -0.05) is 41.4 Å². The number of anilines is 1. The Morgan fingerprint density at radius 3 is 2.21 bits per heavy atom. The first-order chi connectivity index (χ1) is 18.7. The largest absolute Gasteiger partial charge is 0.437 e. The van der Waals surface area contributed by atoms with E-state index in [1.54, 1.807) is 30.3 Å². The van der Waals surface area contributed by atoms with E-state index in [4.69, 9.17) is 27.9 Å². The van der Waals surface area contributed by atoms with Gasteiger partial charge in [0.05, 0.1) is 5.57 Å². The van der Waals surface area contributed by atoms with Crippen molar-refractivity contribution in [1.82, 2.24) is 20.1 Å². The summed E-state index contributed by atoms with van der Waals surface area (Å²) in [5.74, 6) is 0.747. The second-order valence-corrected chi connectivity index (χ2v) is 9.98. The van der Waals surface area contributed by atoms with E-state index < -0.39 is 11.7 Å². The molecule has 3 aromatic rings. The molecule has 6 nitrogen and oxygen atoms in total. The monoisotopic (exact) mass is 573 g/mol. The normalized spacial score (nSPS) is 16.5. The highest BCUT2D eigenvalue weighted by Crippen LogP contribution is 2.33. The van der Waals surface area contributed by atoms with Crippen LogP contribution in [0.5, 0.6) is 11.6 Å². The number of rotatable bonds is 6.